The number of anilines is 1. The number of carboxylic acid groups (broad SMARTS) is 1. The molecule has 154 valence electrons. The summed E-state index contributed by atoms with van der Waals surface area (Å²) >= 11 is 0. The quantitative estimate of drug-likeness (QED) is 0.612. The number of amides is 1. The molecule has 0 saturated heterocycles. The van der Waals surface area contributed by atoms with Crippen LogP contribution in [0.3, 0.4) is 0 Å². The Morgan fingerprint density at radius 2 is 1.70 bits per heavy atom. The molecule has 5 nitrogen and oxygen atoms in total. The van der Waals surface area contributed by atoms with E-state index in [0.29, 0.717) is 17.9 Å². The molecule has 0 fully saturated rings. The van der Waals surface area contributed by atoms with Gasteiger partial charge in [-0.25, -0.2) is 0 Å². The van der Waals surface area contributed by atoms with Crippen molar-refractivity contribution in [2.45, 2.75) is 26.8 Å². The van der Waals surface area contributed by atoms with Crippen LogP contribution in [0.1, 0.15) is 23.6 Å². The molecule has 0 bridgehead atoms. The lowest BCUT2D eigenvalue weighted by molar-refractivity contribution is -0.136. The highest BCUT2D eigenvalue weighted by Gasteiger charge is 2.17. The molecule has 5 heteroatoms. The van der Waals surface area contributed by atoms with E-state index in [0.717, 1.165) is 27.9 Å². The first-order chi connectivity index (χ1) is 14.4. The lowest BCUT2D eigenvalue weighted by Crippen LogP contribution is -2.28. The topological polar surface area (TPSA) is 66.8 Å². The summed E-state index contributed by atoms with van der Waals surface area (Å²) in [6, 6.07) is 21.0. The number of ether oxygens (including phenoxy) is 1. The number of para-hydroxylation sites is 1. The van der Waals surface area contributed by atoms with Crippen LogP contribution in [0, 0.1) is 6.92 Å². The number of rotatable bonds is 7. The molecular weight excluding hydrogens is 378 g/mol. The molecule has 0 spiro atoms. The Morgan fingerprint density at radius 3 is 2.33 bits per heavy atom. The maximum Gasteiger partial charge on any atom is 0.307 e. The van der Waals surface area contributed by atoms with Crippen LogP contribution >= 0.6 is 0 Å². The largest absolute Gasteiger partial charge is 0.496 e. The molecule has 0 saturated carbocycles. The second-order valence-corrected chi connectivity index (χ2v) is 7.21. The van der Waals surface area contributed by atoms with Crippen molar-refractivity contribution >= 4 is 17.6 Å². The van der Waals surface area contributed by atoms with E-state index in [-0.39, 0.29) is 12.3 Å². The Morgan fingerprint density at radius 1 is 0.967 bits per heavy atom. The summed E-state index contributed by atoms with van der Waals surface area (Å²) in [6.45, 7) is 3.95. The molecule has 3 rings (SSSR count). The molecular formula is C25H25NO4. The molecule has 0 aliphatic heterocycles. The number of nitrogens with zero attached hydrogens (tertiary/aromatic N) is 1. The normalized spacial score (nSPS) is 10.5. The van der Waals surface area contributed by atoms with E-state index < -0.39 is 5.97 Å². The average molecular weight is 403 g/mol. The van der Waals surface area contributed by atoms with Gasteiger partial charge in [-0.15, -0.1) is 0 Å². The van der Waals surface area contributed by atoms with Gasteiger partial charge in [0.15, 0.2) is 0 Å². The first-order valence-corrected chi connectivity index (χ1v) is 9.71. The number of carboxylic acids is 1. The van der Waals surface area contributed by atoms with Crippen molar-refractivity contribution in [3.05, 3.63) is 83.4 Å². The van der Waals surface area contributed by atoms with Gasteiger partial charge < -0.3 is 14.7 Å². The van der Waals surface area contributed by atoms with Gasteiger partial charge in [0.25, 0.3) is 0 Å². The molecule has 0 heterocycles. The van der Waals surface area contributed by atoms with Gasteiger partial charge in [0.2, 0.25) is 5.91 Å². The highest BCUT2D eigenvalue weighted by atomic mass is 16.5. The van der Waals surface area contributed by atoms with Gasteiger partial charge in [-0.05, 0) is 47.9 Å². The summed E-state index contributed by atoms with van der Waals surface area (Å²) in [4.78, 5) is 25.3. The van der Waals surface area contributed by atoms with E-state index in [9.17, 15) is 14.7 Å². The van der Waals surface area contributed by atoms with Gasteiger partial charge in [0, 0.05) is 18.2 Å². The maximum atomic E-state index is 12.4. The smallest absolute Gasteiger partial charge is 0.307 e. The van der Waals surface area contributed by atoms with Crippen molar-refractivity contribution in [3.63, 3.8) is 0 Å². The molecule has 30 heavy (non-hydrogen) atoms. The number of hydrogen-bond donors (Lipinski definition) is 1. The van der Waals surface area contributed by atoms with Gasteiger partial charge in [0.05, 0.1) is 20.1 Å². The average Bonchev–Trinajstić information content (AvgIpc) is 2.72. The fourth-order valence-electron chi connectivity index (χ4n) is 3.53. The Hall–Kier alpha value is -3.60. The summed E-state index contributed by atoms with van der Waals surface area (Å²) in [6.07, 6.45) is -0.0677. The summed E-state index contributed by atoms with van der Waals surface area (Å²) in [5.41, 5.74) is 5.26. The molecule has 0 radical (unpaired) electrons. The zero-order valence-electron chi connectivity index (χ0n) is 17.4. The molecule has 0 unspecified atom stereocenters. The lowest BCUT2D eigenvalue weighted by atomic mass is 9.94. The van der Waals surface area contributed by atoms with E-state index in [2.05, 4.69) is 6.07 Å². The predicted molar refractivity (Wildman–Crippen MR) is 118 cm³/mol. The molecule has 3 aromatic rings. The third kappa shape index (κ3) is 4.87. The maximum absolute atomic E-state index is 12.4. The van der Waals surface area contributed by atoms with Gasteiger partial charge in [-0.2, -0.15) is 0 Å². The number of hydrogen-bond acceptors (Lipinski definition) is 3. The van der Waals surface area contributed by atoms with Crippen LogP contribution in [-0.4, -0.2) is 24.1 Å². The third-order valence-electron chi connectivity index (χ3n) is 4.95. The van der Waals surface area contributed by atoms with Crippen molar-refractivity contribution in [2.24, 2.45) is 0 Å². The van der Waals surface area contributed by atoms with E-state index in [4.69, 9.17) is 4.74 Å². The Balaban J connectivity index is 2.10. The Labute approximate surface area is 176 Å². The Bertz CT molecular complexity index is 1060. The molecule has 1 amide bonds. The number of carbonyl (C=O) groups is 2. The highest BCUT2D eigenvalue weighted by molar-refractivity contribution is 5.91. The van der Waals surface area contributed by atoms with E-state index in [1.807, 2.05) is 55.5 Å². The van der Waals surface area contributed by atoms with Gasteiger partial charge in [0.1, 0.15) is 5.75 Å². The molecule has 0 aromatic heterocycles. The number of methoxy groups -OCH3 is 1. The second-order valence-electron chi connectivity index (χ2n) is 7.21. The SMILES string of the molecule is COc1ccc(CC(=O)O)cc1-c1ccc(C)cc1CN(C(C)=O)c1ccccc1. The van der Waals surface area contributed by atoms with Crippen LogP contribution in [0.2, 0.25) is 0 Å². The van der Waals surface area contributed by atoms with Crippen LogP contribution in [0.15, 0.2) is 66.7 Å². The van der Waals surface area contributed by atoms with Crippen molar-refractivity contribution < 1.29 is 19.4 Å². The van der Waals surface area contributed by atoms with E-state index >= 15 is 0 Å². The number of carbonyl (C=O) groups excluding carboxylic acids is 1. The predicted octanol–water partition coefficient (Wildman–Crippen LogP) is 4.85. The van der Waals surface area contributed by atoms with Gasteiger partial charge >= 0.3 is 5.97 Å². The summed E-state index contributed by atoms with van der Waals surface area (Å²) in [5, 5.41) is 9.18. The molecule has 0 aliphatic carbocycles. The molecule has 1 N–H and O–H groups in total. The standard InChI is InChI=1S/C25H25NO4/c1-17-9-11-22(23-14-19(15-25(28)29)10-12-24(23)30-3)20(13-17)16-26(18(2)27)21-7-5-4-6-8-21/h4-14H,15-16H2,1-3H3,(H,28,29). The lowest BCUT2D eigenvalue weighted by Gasteiger charge is -2.24. The van der Waals surface area contributed by atoms with Crippen LogP contribution in [-0.2, 0) is 22.6 Å². The third-order valence-corrected chi connectivity index (χ3v) is 4.95. The van der Waals surface area contributed by atoms with E-state index in [1.165, 1.54) is 0 Å². The minimum Gasteiger partial charge on any atom is -0.496 e. The van der Waals surface area contributed by atoms with Crippen LogP contribution in [0.5, 0.6) is 5.75 Å². The van der Waals surface area contributed by atoms with Crippen LogP contribution in [0.25, 0.3) is 11.1 Å². The fraction of sp³-hybridized carbons (Fsp3) is 0.200. The summed E-state index contributed by atoms with van der Waals surface area (Å²) < 4.78 is 5.55. The molecule has 0 atom stereocenters. The summed E-state index contributed by atoms with van der Waals surface area (Å²) in [5.74, 6) is -0.286. The van der Waals surface area contributed by atoms with Crippen molar-refractivity contribution in [1.82, 2.24) is 0 Å². The van der Waals surface area contributed by atoms with Gasteiger partial charge in [-0.3, -0.25) is 9.59 Å². The zero-order valence-corrected chi connectivity index (χ0v) is 17.4. The fourth-order valence-corrected chi connectivity index (χ4v) is 3.53. The zero-order chi connectivity index (χ0) is 21.7. The minimum atomic E-state index is -0.887. The monoisotopic (exact) mass is 403 g/mol. The van der Waals surface area contributed by atoms with Crippen molar-refractivity contribution in [2.75, 3.05) is 12.0 Å². The molecule has 0 aliphatic rings. The van der Waals surface area contributed by atoms with Crippen LogP contribution in [0.4, 0.5) is 5.69 Å². The summed E-state index contributed by atoms with van der Waals surface area (Å²) in [7, 11) is 1.59. The molecule has 3 aromatic carbocycles. The number of aryl methyl sites for hydroxylation is 1. The van der Waals surface area contributed by atoms with Gasteiger partial charge in [-0.1, -0.05) is 48.0 Å². The highest BCUT2D eigenvalue weighted by Crippen LogP contribution is 2.35. The first-order valence-electron chi connectivity index (χ1n) is 9.71. The van der Waals surface area contributed by atoms with E-state index in [1.54, 1.807) is 31.1 Å². The first kappa shape index (κ1) is 21.1. The minimum absolute atomic E-state index is 0.0553. The van der Waals surface area contributed by atoms with Crippen LogP contribution < -0.4 is 9.64 Å². The van der Waals surface area contributed by atoms with Crippen molar-refractivity contribution in [1.29, 1.82) is 0 Å². The second kappa shape index (κ2) is 9.27. The number of benzene rings is 3. The Kier molecular flexibility index (Phi) is 6.52. The number of aliphatic carboxylic acids is 1. The van der Waals surface area contributed by atoms with Crippen molar-refractivity contribution in [3.8, 4) is 16.9 Å².